The van der Waals surface area contributed by atoms with Crippen molar-refractivity contribution in [3.8, 4) is 0 Å². The van der Waals surface area contributed by atoms with Gasteiger partial charge in [0.05, 0.1) is 11.1 Å². The lowest BCUT2D eigenvalue weighted by Gasteiger charge is -1.98. The number of hydrazone groups is 1. The quantitative estimate of drug-likeness (QED) is 0.342. The van der Waals surface area contributed by atoms with Crippen LogP contribution in [0.3, 0.4) is 0 Å². The maximum Gasteiger partial charge on any atom is 0.335 e. The van der Waals surface area contributed by atoms with Gasteiger partial charge in [0.1, 0.15) is 0 Å². The van der Waals surface area contributed by atoms with Gasteiger partial charge in [0.2, 0.25) is 0 Å². The first kappa shape index (κ1) is 10.6. The summed E-state index contributed by atoms with van der Waals surface area (Å²) < 4.78 is 0. The number of carboxylic acid groups (broad SMARTS) is 1. The van der Waals surface area contributed by atoms with Crippen LogP contribution in [0.25, 0.3) is 0 Å². The van der Waals surface area contributed by atoms with Crippen LogP contribution in [0.15, 0.2) is 29.4 Å². The van der Waals surface area contributed by atoms with Gasteiger partial charge in [-0.15, -0.1) is 11.8 Å². The van der Waals surface area contributed by atoms with Gasteiger partial charge in [0.15, 0.2) is 0 Å². The van der Waals surface area contributed by atoms with E-state index in [0.29, 0.717) is 5.56 Å². The third-order valence-corrected chi connectivity index (χ3v) is 2.36. The van der Waals surface area contributed by atoms with Crippen LogP contribution in [-0.4, -0.2) is 16.6 Å². The molecule has 74 valence electrons. The third kappa shape index (κ3) is 3.10. The predicted molar refractivity (Wildman–Crippen MR) is 57.4 cm³/mol. The number of hydrogen-bond acceptors (Lipinski definition) is 4. The highest BCUT2D eigenvalue weighted by atomic mass is 32.2. The second-order valence-electron chi connectivity index (χ2n) is 2.57. The predicted octanol–water partition coefficient (Wildman–Crippen LogP) is 1.52. The fourth-order valence-corrected chi connectivity index (χ4v) is 1.47. The average Bonchev–Trinajstić information content (AvgIpc) is 2.19. The Morgan fingerprint density at radius 3 is 2.64 bits per heavy atom. The lowest BCUT2D eigenvalue weighted by atomic mass is 10.1. The molecule has 1 aromatic carbocycles. The number of thioether (sulfide) groups is 1. The summed E-state index contributed by atoms with van der Waals surface area (Å²) in [6.45, 7) is 0. The summed E-state index contributed by atoms with van der Waals surface area (Å²) in [6, 6.07) is 6.72. The molecule has 0 bridgehead atoms. The Morgan fingerprint density at radius 2 is 2.14 bits per heavy atom. The van der Waals surface area contributed by atoms with Gasteiger partial charge in [-0.05, 0) is 17.7 Å². The minimum atomic E-state index is -0.910. The fourth-order valence-electron chi connectivity index (χ4n) is 0.920. The minimum Gasteiger partial charge on any atom is -0.478 e. The highest BCUT2D eigenvalue weighted by molar-refractivity contribution is 8.11. The molecule has 3 N–H and O–H groups in total. The molecule has 14 heavy (non-hydrogen) atoms. The Hall–Kier alpha value is -1.49. The van der Waals surface area contributed by atoms with E-state index in [4.69, 9.17) is 10.9 Å². The molecule has 0 fully saturated rings. The first-order valence-electron chi connectivity index (χ1n) is 3.89. The zero-order chi connectivity index (χ0) is 10.4. The lowest BCUT2D eigenvalue weighted by molar-refractivity contribution is 0.0697. The number of nitrogens with zero attached hydrogens (tertiary/aromatic N) is 1. The van der Waals surface area contributed by atoms with Gasteiger partial charge in [-0.3, -0.25) is 0 Å². The maximum absolute atomic E-state index is 10.5. The van der Waals surface area contributed by atoms with Gasteiger partial charge in [-0.1, -0.05) is 12.1 Å². The highest BCUT2D eigenvalue weighted by Gasteiger charge is 2.00. The van der Waals surface area contributed by atoms with Gasteiger partial charge in [0, 0.05) is 5.75 Å². The zero-order valence-corrected chi connectivity index (χ0v) is 8.20. The number of carbonyl (C=O) groups is 1. The van der Waals surface area contributed by atoms with Gasteiger partial charge in [0.25, 0.3) is 0 Å². The van der Waals surface area contributed by atoms with Crippen LogP contribution in [0.1, 0.15) is 15.9 Å². The van der Waals surface area contributed by atoms with E-state index in [1.165, 1.54) is 11.8 Å². The standard InChI is InChI=1S/C9H10N2O2S/c10-11-6-14-5-7-1-3-8(4-2-7)9(12)13/h1-4,6H,5,10H2,(H,12,13). The Labute approximate surface area is 85.8 Å². The molecule has 0 aliphatic rings. The van der Waals surface area contributed by atoms with Crippen LogP contribution in [0.2, 0.25) is 0 Å². The molecule has 0 spiro atoms. The van der Waals surface area contributed by atoms with Crippen molar-refractivity contribution in [3.05, 3.63) is 35.4 Å². The van der Waals surface area contributed by atoms with Gasteiger partial charge >= 0.3 is 5.97 Å². The average molecular weight is 210 g/mol. The second-order valence-corrected chi connectivity index (χ2v) is 3.40. The number of carboxylic acids is 1. The lowest BCUT2D eigenvalue weighted by Crippen LogP contribution is -1.95. The minimum absolute atomic E-state index is 0.297. The molecule has 0 saturated heterocycles. The van der Waals surface area contributed by atoms with Crippen molar-refractivity contribution in [2.45, 2.75) is 5.75 Å². The smallest absolute Gasteiger partial charge is 0.335 e. The van der Waals surface area contributed by atoms with E-state index < -0.39 is 5.97 Å². The third-order valence-electron chi connectivity index (χ3n) is 1.59. The second kappa shape index (κ2) is 5.29. The summed E-state index contributed by atoms with van der Waals surface area (Å²) in [5.41, 5.74) is 2.89. The molecule has 1 aromatic rings. The Kier molecular flexibility index (Phi) is 4.00. The Morgan fingerprint density at radius 1 is 1.50 bits per heavy atom. The number of benzene rings is 1. The van der Waals surface area contributed by atoms with Crippen molar-refractivity contribution < 1.29 is 9.90 Å². The van der Waals surface area contributed by atoms with Gasteiger partial charge < -0.3 is 10.9 Å². The van der Waals surface area contributed by atoms with Crippen LogP contribution in [0, 0.1) is 0 Å². The van der Waals surface area contributed by atoms with Crippen molar-refractivity contribution in [1.29, 1.82) is 0 Å². The van der Waals surface area contributed by atoms with E-state index in [1.54, 1.807) is 29.8 Å². The largest absolute Gasteiger partial charge is 0.478 e. The molecule has 1 rings (SSSR count). The van der Waals surface area contributed by atoms with Gasteiger partial charge in [-0.2, -0.15) is 5.10 Å². The fraction of sp³-hybridized carbons (Fsp3) is 0.111. The van der Waals surface area contributed by atoms with E-state index >= 15 is 0 Å². The highest BCUT2D eigenvalue weighted by Crippen LogP contribution is 2.11. The number of nitrogens with two attached hydrogens (primary N) is 1. The van der Waals surface area contributed by atoms with E-state index in [0.717, 1.165) is 11.3 Å². The van der Waals surface area contributed by atoms with E-state index in [-0.39, 0.29) is 0 Å². The van der Waals surface area contributed by atoms with Crippen LogP contribution in [0.5, 0.6) is 0 Å². The summed E-state index contributed by atoms with van der Waals surface area (Å²) in [5, 5.41) is 12.0. The van der Waals surface area contributed by atoms with Crippen molar-refractivity contribution in [3.63, 3.8) is 0 Å². The van der Waals surface area contributed by atoms with Crippen molar-refractivity contribution >= 4 is 23.3 Å². The summed E-state index contributed by atoms with van der Waals surface area (Å²) >= 11 is 1.46. The topological polar surface area (TPSA) is 75.7 Å². The SMILES string of the molecule is NN=CSCc1ccc(C(=O)O)cc1. The summed E-state index contributed by atoms with van der Waals surface area (Å²) in [5.74, 6) is 4.75. The first-order chi connectivity index (χ1) is 6.74. The van der Waals surface area contributed by atoms with E-state index in [2.05, 4.69) is 5.10 Å². The van der Waals surface area contributed by atoms with Crippen LogP contribution < -0.4 is 5.84 Å². The van der Waals surface area contributed by atoms with Gasteiger partial charge in [-0.25, -0.2) is 4.79 Å². The van der Waals surface area contributed by atoms with E-state index in [1.807, 2.05) is 0 Å². The number of rotatable bonds is 4. The molecule has 0 aromatic heterocycles. The van der Waals surface area contributed by atoms with E-state index in [9.17, 15) is 4.79 Å². The maximum atomic E-state index is 10.5. The van der Waals surface area contributed by atoms with Crippen LogP contribution in [0.4, 0.5) is 0 Å². The number of aromatic carboxylic acids is 1. The molecule has 4 nitrogen and oxygen atoms in total. The summed E-state index contributed by atoms with van der Waals surface area (Å²) in [6.07, 6.45) is 0. The molecule has 0 radical (unpaired) electrons. The van der Waals surface area contributed by atoms with Crippen molar-refractivity contribution in [1.82, 2.24) is 0 Å². The molecule has 0 aliphatic carbocycles. The monoisotopic (exact) mass is 210 g/mol. The first-order valence-corrected chi connectivity index (χ1v) is 4.94. The molecule has 0 unspecified atom stereocenters. The molecule has 0 aliphatic heterocycles. The molecular weight excluding hydrogens is 200 g/mol. The normalized spacial score (nSPS) is 10.6. The van der Waals surface area contributed by atoms with Crippen molar-refractivity contribution in [2.75, 3.05) is 0 Å². The van der Waals surface area contributed by atoms with Crippen molar-refractivity contribution in [2.24, 2.45) is 10.9 Å². The zero-order valence-electron chi connectivity index (χ0n) is 7.38. The molecule has 0 heterocycles. The van der Waals surface area contributed by atoms with Crippen LogP contribution >= 0.6 is 11.8 Å². The molecular formula is C9H10N2O2S. The Balaban J connectivity index is 2.59. The summed E-state index contributed by atoms with van der Waals surface area (Å²) in [7, 11) is 0. The molecule has 0 amide bonds. The van der Waals surface area contributed by atoms with Crippen LogP contribution in [-0.2, 0) is 5.75 Å². The molecule has 0 atom stereocenters. The summed E-state index contributed by atoms with van der Waals surface area (Å²) in [4.78, 5) is 10.5. The molecule has 5 heteroatoms. The number of hydrogen-bond donors (Lipinski definition) is 2. The molecule has 0 saturated carbocycles. The Bertz CT molecular complexity index is 335.